The molecule has 1 aromatic carbocycles. The van der Waals surface area contributed by atoms with Crippen molar-refractivity contribution in [2.45, 2.75) is 24.7 Å². The second kappa shape index (κ2) is 6.64. The van der Waals surface area contributed by atoms with Gasteiger partial charge >= 0.3 is 0 Å². The van der Waals surface area contributed by atoms with Crippen molar-refractivity contribution in [3.8, 4) is 5.75 Å². The fourth-order valence-corrected chi connectivity index (χ4v) is 4.13. The van der Waals surface area contributed by atoms with E-state index in [4.69, 9.17) is 15.4 Å². The summed E-state index contributed by atoms with van der Waals surface area (Å²) in [4.78, 5) is 2.33. The molecule has 1 aliphatic rings. The second-order valence-corrected chi connectivity index (χ2v) is 8.34. The van der Waals surface area contributed by atoms with Crippen molar-refractivity contribution in [3.05, 3.63) is 22.2 Å². The molecule has 7 heteroatoms. The second-order valence-electron chi connectivity index (χ2n) is 4.89. The van der Waals surface area contributed by atoms with E-state index in [9.17, 15) is 8.42 Å². The highest BCUT2D eigenvalue weighted by Gasteiger charge is 2.20. The molecule has 0 N–H and O–H groups in total. The van der Waals surface area contributed by atoms with Gasteiger partial charge in [0.15, 0.2) is 0 Å². The zero-order chi connectivity index (χ0) is 14.8. The van der Waals surface area contributed by atoms with Crippen LogP contribution in [0.25, 0.3) is 0 Å². The fraction of sp³-hybridized carbons (Fsp3) is 0.538. The number of ether oxygens (including phenoxy) is 1. The first-order chi connectivity index (χ1) is 9.38. The maximum atomic E-state index is 11.6. The molecule has 0 radical (unpaired) electrons. The van der Waals surface area contributed by atoms with Gasteiger partial charge < -0.3 is 4.74 Å². The number of halogens is 2. The van der Waals surface area contributed by atoms with Crippen LogP contribution in [0.4, 0.5) is 0 Å². The maximum absolute atomic E-state index is 11.6. The Hall–Kier alpha value is -0.300. The molecule has 0 spiro atoms. The normalized spacial score (nSPS) is 16.6. The van der Waals surface area contributed by atoms with E-state index in [2.05, 4.69) is 20.8 Å². The van der Waals surface area contributed by atoms with Crippen LogP contribution in [0.3, 0.4) is 0 Å². The molecule has 0 unspecified atom stereocenters. The van der Waals surface area contributed by atoms with E-state index in [0.29, 0.717) is 16.8 Å². The van der Waals surface area contributed by atoms with Crippen LogP contribution in [-0.4, -0.2) is 39.6 Å². The summed E-state index contributed by atoms with van der Waals surface area (Å²) >= 11 is 3.27. The van der Waals surface area contributed by atoms with Gasteiger partial charge in [0.05, 0.1) is 0 Å². The summed E-state index contributed by atoms with van der Waals surface area (Å²) in [7, 11) is 1.65. The van der Waals surface area contributed by atoms with E-state index < -0.39 is 9.05 Å². The van der Waals surface area contributed by atoms with Crippen LogP contribution in [0.15, 0.2) is 21.5 Å². The highest BCUT2D eigenvalue weighted by Crippen LogP contribution is 2.33. The van der Waals surface area contributed by atoms with Gasteiger partial charge in [-0.05, 0) is 50.6 Å². The van der Waals surface area contributed by atoms with Gasteiger partial charge in [-0.1, -0.05) is 15.9 Å². The molecular formula is C13H17BrClNO3S. The lowest BCUT2D eigenvalue weighted by Crippen LogP contribution is -2.25. The zero-order valence-electron chi connectivity index (χ0n) is 11.2. The molecular weight excluding hydrogens is 366 g/mol. The zero-order valence-corrected chi connectivity index (χ0v) is 14.4. The van der Waals surface area contributed by atoms with Crippen LogP contribution in [-0.2, 0) is 9.05 Å². The minimum absolute atomic E-state index is 0.0208. The van der Waals surface area contributed by atoms with E-state index in [-0.39, 0.29) is 4.90 Å². The van der Waals surface area contributed by atoms with Crippen molar-refractivity contribution >= 4 is 35.7 Å². The van der Waals surface area contributed by atoms with Gasteiger partial charge in [-0.3, -0.25) is 4.90 Å². The van der Waals surface area contributed by atoms with E-state index >= 15 is 0 Å². The van der Waals surface area contributed by atoms with Gasteiger partial charge in [-0.2, -0.15) is 0 Å². The smallest absolute Gasteiger partial charge is 0.265 e. The van der Waals surface area contributed by atoms with Crippen molar-refractivity contribution in [3.63, 3.8) is 0 Å². The Kier molecular flexibility index (Phi) is 5.34. The van der Waals surface area contributed by atoms with Crippen molar-refractivity contribution in [1.82, 2.24) is 4.90 Å². The van der Waals surface area contributed by atoms with E-state index in [1.165, 1.54) is 18.9 Å². The monoisotopic (exact) mass is 381 g/mol. The number of hydrogen-bond donors (Lipinski definition) is 0. The molecule has 4 nitrogen and oxygen atoms in total. The van der Waals surface area contributed by atoms with Gasteiger partial charge in [-0.25, -0.2) is 8.42 Å². The molecule has 1 aliphatic heterocycles. The van der Waals surface area contributed by atoms with Gasteiger partial charge in [0.1, 0.15) is 17.3 Å². The highest BCUT2D eigenvalue weighted by atomic mass is 79.9. The molecule has 1 saturated heterocycles. The van der Waals surface area contributed by atoms with Crippen LogP contribution in [0.2, 0.25) is 0 Å². The molecule has 0 bridgehead atoms. The molecule has 20 heavy (non-hydrogen) atoms. The van der Waals surface area contributed by atoms with Crippen molar-refractivity contribution < 1.29 is 13.2 Å². The molecule has 0 aromatic heterocycles. The highest BCUT2D eigenvalue weighted by molar-refractivity contribution is 9.10. The van der Waals surface area contributed by atoms with Gasteiger partial charge in [-0.15, -0.1) is 0 Å². The quantitative estimate of drug-likeness (QED) is 0.734. The third kappa shape index (κ3) is 4.10. The topological polar surface area (TPSA) is 46.6 Å². The minimum atomic E-state index is -3.82. The molecule has 112 valence electrons. The number of hydrogen-bond acceptors (Lipinski definition) is 4. The summed E-state index contributed by atoms with van der Waals surface area (Å²) in [6, 6.07) is 3.29. The van der Waals surface area contributed by atoms with Crippen molar-refractivity contribution in [2.24, 2.45) is 0 Å². The number of nitrogens with zero attached hydrogens (tertiary/aromatic N) is 1. The molecule has 2 rings (SSSR count). The standard InChI is InChI=1S/C13H17BrClNO3S/c1-10-8-11(14)9-12(20(15,17)18)13(10)19-7-6-16-4-2-3-5-16/h8-9H,2-7H2,1H3. The minimum Gasteiger partial charge on any atom is -0.491 e. The van der Waals surface area contributed by atoms with Crippen LogP contribution >= 0.6 is 26.6 Å². The van der Waals surface area contributed by atoms with Crippen LogP contribution in [0.1, 0.15) is 18.4 Å². The SMILES string of the molecule is Cc1cc(Br)cc(S(=O)(=O)Cl)c1OCCN1CCCC1. The van der Waals surface area contributed by atoms with Crippen molar-refractivity contribution in [1.29, 1.82) is 0 Å². The summed E-state index contributed by atoms with van der Waals surface area (Å²) in [5.41, 5.74) is 0.750. The van der Waals surface area contributed by atoms with Crippen LogP contribution in [0, 0.1) is 6.92 Å². The predicted molar refractivity (Wildman–Crippen MR) is 83.1 cm³/mol. The molecule has 1 heterocycles. The summed E-state index contributed by atoms with van der Waals surface area (Å²) in [6.45, 7) is 5.24. The number of rotatable bonds is 5. The summed E-state index contributed by atoms with van der Waals surface area (Å²) in [5, 5.41) is 0. The Morgan fingerprint density at radius 2 is 2.00 bits per heavy atom. The lowest BCUT2D eigenvalue weighted by Gasteiger charge is -2.17. The fourth-order valence-electron chi connectivity index (χ4n) is 2.35. The molecule has 0 saturated carbocycles. The van der Waals surface area contributed by atoms with E-state index in [0.717, 1.165) is 25.2 Å². The molecule has 0 aliphatic carbocycles. The number of likely N-dealkylation sites (tertiary alicyclic amines) is 1. The molecule has 1 aromatic rings. The Bertz CT molecular complexity index is 586. The molecule has 1 fully saturated rings. The first-order valence-corrected chi connectivity index (χ1v) is 9.58. The third-order valence-corrected chi connectivity index (χ3v) is 5.11. The van der Waals surface area contributed by atoms with E-state index in [1.54, 1.807) is 0 Å². The Morgan fingerprint density at radius 3 is 2.60 bits per heavy atom. The molecule has 0 atom stereocenters. The first-order valence-electron chi connectivity index (χ1n) is 6.48. The lowest BCUT2D eigenvalue weighted by molar-refractivity contribution is 0.233. The summed E-state index contributed by atoms with van der Waals surface area (Å²) in [6.07, 6.45) is 2.44. The predicted octanol–water partition coefficient (Wildman–Crippen LogP) is 3.16. The Morgan fingerprint density at radius 1 is 1.35 bits per heavy atom. The number of benzene rings is 1. The van der Waals surface area contributed by atoms with Gasteiger partial charge in [0.25, 0.3) is 9.05 Å². The van der Waals surface area contributed by atoms with Crippen molar-refractivity contribution in [2.75, 3.05) is 26.2 Å². The average molecular weight is 383 g/mol. The number of aryl methyl sites for hydroxylation is 1. The first kappa shape index (κ1) is 16.1. The largest absolute Gasteiger partial charge is 0.491 e. The van der Waals surface area contributed by atoms with Crippen LogP contribution < -0.4 is 4.74 Å². The Balaban J connectivity index is 2.13. The van der Waals surface area contributed by atoms with Gasteiger partial charge in [0.2, 0.25) is 0 Å². The molecule has 0 amide bonds. The van der Waals surface area contributed by atoms with Crippen LogP contribution in [0.5, 0.6) is 5.75 Å². The maximum Gasteiger partial charge on any atom is 0.265 e. The summed E-state index contributed by atoms with van der Waals surface area (Å²) in [5.74, 6) is 0.349. The van der Waals surface area contributed by atoms with E-state index in [1.807, 2.05) is 13.0 Å². The van der Waals surface area contributed by atoms with Gasteiger partial charge in [0, 0.05) is 21.7 Å². The third-order valence-electron chi connectivity index (χ3n) is 3.32. The average Bonchev–Trinajstić information content (AvgIpc) is 2.83. The Labute approximate surface area is 132 Å². The lowest BCUT2D eigenvalue weighted by atomic mass is 10.2. The summed E-state index contributed by atoms with van der Waals surface area (Å²) < 4.78 is 29.6.